The van der Waals surface area contributed by atoms with Crippen molar-refractivity contribution in [2.45, 2.75) is 19.8 Å². The molecule has 1 aliphatic rings. The zero-order chi connectivity index (χ0) is 8.10. The second kappa shape index (κ2) is 4.24. The summed E-state index contributed by atoms with van der Waals surface area (Å²) in [4.78, 5) is 3.55. The average molecular weight is 169 g/mol. The number of aliphatic imine (C=N–C) groups is 1. The number of nitriles is 1. The Balaban J connectivity index is 2.58. The minimum Gasteiger partial charge on any atom is -0.212 e. The molecule has 3 nitrogen and oxygen atoms in total. The highest BCUT2D eigenvalue weighted by Crippen LogP contribution is 2.08. The summed E-state index contributed by atoms with van der Waals surface area (Å²) in [5.41, 5.74) is 0. The van der Waals surface area contributed by atoms with Crippen LogP contribution in [-0.2, 0) is 10.7 Å². The summed E-state index contributed by atoms with van der Waals surface area (Å²) in [6.07, 6.45) is 4.31. The first-order valence-electron chi connectivity index (χ1n) is 3.65. The Bertz CT molecular complexity index is 229. The minimum absolute atomic E-state index is 0.184. The van der Waals surface area contributed by atoms with Gasteiger partial charge in [-0.15, -0.1) is 0 Å². The van der Waals surface area contributed by atoms with Gasteiger partial charge >= 0.3 is 0 Å². The van der Waals surface area contributed by atoms with E-state index in [-0.39, 0.29) is 10.7 Å². The number of nitrogens with zero attached hydrogens (tertiary/aromatic N) is 3. The van der Waals surface area contributed by atoms with Crippen LogP contribution in [0.25, 0.3) is 0 Å². The quantitative estimate of drug-likeness (QED) is 0.308. The van der Waals surface area contributed by atoms with E-state index in [0.29, 0.717) is 5.84 Å². The molecule has 1 rings (SSSR count). The molecule has 0 aromatic heterocycles. The molecule has 0 unspecified atom stereocenters. The van der Waals surface area contributed by atoms with Gasteiger partial charge in [0.1, 0.15) is 5.84 Å². The van der Waals surface area contributed by atoms with Crippen LogP contribution in [0.1, 0.15) is 19.8 Å². The number of hydrogen-bond acceptors (Lipinski definition) is 2. The molecule has 0 amide bonds. The second-order valence-corrected chi connectivity index (χ2v) is 4.35. The lowest BCUT2D eigenvalue weighted by Gasteiger charge is -1.93. The topological polar surface area (TPSA) is 48.5 Å². The van der Waals surface area contributed by atoms with Gasteiger partial charge in [-0.25, -0.2) is 4.36 Å². The summed E-state index contributed by atoms with van der Waals surface area (Å²) in [7, 11) is 0.184. The van der Waals surface area contributed by atoms with Gasteiger partial charge in [0.2, 0.25) is 6.19 Å². The standard InChI is InChI=1S/C7H11N3S/c1-7(9-6-8)10-11-4-2-3-5-11/h2-5H2,1H3. The molecule has 0 saturated carbocycles. The Morgan fingerprint density at radius 2 is 2.09 bits per heavy atom. The third-order valence-corrected chi connectivity index (χ3v) is 3.53. The highest BCUT2D eigenvalue weighted by Gasteiger charge is 2.05. The fourth-order valence-electron chi connectivity index (χ4n) is 1.01. The predicted octanol–water partition coefficient (Wildman–Crippen LogP) is 1.48. The van der Waals surface area contributed by atoms with Gasteiger partial charge in [0.15, 0.2) is 0 Å². The number of rotatable bonds is 0. The molecule has 0 bridgehead atoms. The summed E-state index contributed by atoms with van der Waals surface area (Å²) in [6.45, 7) is 1.79. The lowest BCUT2D eigenvalue weighted by atomic mass is 10.4. The molecule has 0 atom stereocenters. The molecular weight excluding hydrogens is 158 g/mol. The molecule has 0 spiro atoms. The van der Waals surface area contributed by atoms with Crippen LogP contribution < -0.4 is 0 Å². The van der Waals surface area contributed by atoms with Crippen LogP contribution in [0.4, 0.5) is 0 Å². The molecular formula is C7H11N3S. The Morgan fingerprint density at radius 3 is 2.64 bits per heavy atom. The first-order chi connectivity index (χ1) is 5.33. The van der Waals surface area contributed by atoms with E-state index < -0.39 is 0 Å². The molecule has 0 aliphatic carbocycles. The van der Waals surface area contributed by atoms with Crippen LogP contribution in [0, 0.1) is 11.5 Å². The van der Waals surface area contributed by atoms with Crippen LogP contribution in [0.3, 0.4) is 0 Å². The van der Waals surface area contributed by atoms with Crippen molar-refractivity contribution in [3.63, 3.8) is 0 Å². The average Bonchev–Trinajstić information content (AvgIpc) is 2.40. The summed E-state index contributed by atoms with van der Waals surface area (Å²) >= 11 is 0. The Hall–Kier alpha value is -0.690. The van der Waals surface area contributed by atoms with Crippen molar-refractivity contribution in [2.24, 2.45) is 9.36 Å². The maximum atomic E-state index is 8.22. The minimum atomic E-state index is 0.184. The first-order valence-corrected chi connectivity index (χ1v) is 5.17. The number of hydrogen-bond donors (Lipinski definition) is 0. The summed E-state index contributed by atoms with van der Waals surface area (Å²) in [5.74, 6) is 3.02. The van der Waals surface area contributed by atoms with Crippen molar-refractivity contribution >= 4 is 16.5 Å². The molecule has 11 heavy (non-hydrogen) atoms. The molecule has 0 N–H and O–H groups in total. The summed E-state index contributed by atoms with van der Waals surface area (Å²) < 4.78 is 4.32. The molecule has 0 radical (unpaired) electrons. The van der Waals surface area contributed by atoms with Crippen molar-refractivity contribution in [1.29, 1.82) is 5.26 Å². The monoisotopic (exact) mass is 169 g/mol. The van der Waals surface area contributed by atoms with Gasteiger partial charge in [0.25, 0.3) is 0 Å². The van der Waals surface area contributed by atoms with Gasteiger partial charge in [-0.2, -0.15) is 10.3 Å². The molecule has 0 aromatic carbocycles. The van der Waals surface area contributed by atoms with Crippen LogP contribution in [-0.4, -0.2) is 17.3 Å². The Labute approximate surface area is 69.2 Å². The van der Waals surface area contributed by atoms with E-state index in [1.54, 1.807) is 13.1 Å². The van der Waals surface area contributed by atoms with Crippen LogP contribution >= 0.6 is 0 Å². The fourth-order valence-corrected chi connectivity index (χ4v) is 2.89. The maximum absolute atomic E-state index is 8.22. The summed E-state index contributed by atoms with van der Waals surface area (Å²) in [5, 5.41) is 8.22. The van der Waals surface area contributed by atoms with E-state index in [9.17, 15) is 0 Å². The van der Waals surface area contributed by atoms with E-state index in [4.69, 9.17) is 5.26 Å². The SMILES string of the molecule is CC(=NC#N)N=S1CCCC1. The van der Waals surface area contributed by atoms with E-state index in [0.717, 1.165) is 0 Å². The highest BCUT2D eigenvalue weighted by molar-refractivity contribution is 7.87. The van der Waals surface area contributed by atoms with E-state index in [1.165, 1.54) is 24.3 Å². The Morgan fingerprint density at radius 1 is 1.45 bits per heavy atom. The van der Waals surface area contributed by atoms with Crippen LogP contribution in [0.15, 0.2) is 9.36 Å². The third-order valence-electron chi connectivity index (χ3n) is 1.48. The molecule has 1 heterocycles. The molecule has 4 heteroatoms. The van der Waals surface area contributed by atoms with Crippen LogP contribution in [0.2, 0.25) is 0 Å². The van der Waals surface area contributed by atoms with Gasteiger partial charge in [0.05, 0.1) is 0 Å². The lowest BCUT2D eigenvalue weighted by Crippen LogP contribution is -1.94. The third kappa shape index (κ3) is 2.81. The number of amidine groups is 1. The zero-order valence-corrected chi connectivity index (χ0v) is 7.39. The molecule has 0 aromatic rings. The Kier molecular flexibility index (Phi) is 3.24. The van der Waals surface area contributed by atoms with Gasteiger partial charge in [-0.05, 0) is 19.8 Å². The van der Waals surface area contributed by atoms with Crippen molar-refractivity contribution in [2.75, 3.05) is 11.5 Å². The van der Waals surface area contributed by atoms with Gasteiger partial charge in [0, 0.05) is 11.5 Å². The van der Waals surface area contributed by atoms with E-state index >= 15 is 0 Å². The van der Waals surface area contributed by atoms with Crippen LogP contribution in [0.5, 0.6) is 0 Å². The maximum Gasteiger partial charge on any atom is 0.207 e. The molecule has 60 valence electrons. The van der Waals surface area contributed by atoms with Crippen molar-refractivity contribution in [3.05, 3.63) is 0 Å². The smallest absolute Gasteiger partial charge is 0.207 e. The molecule has 1 fully saturated rings. The highest BCUT2D eigenvalue weighted by atomic mass is 32.2. The van der Waals surface area contributed by atoms with E-state index in [2.05, 4.69) is 9.36 Å². The second-order valence-electron chi connectivity index (χ2n) is 2.43. The molecule has 1 aliphatic heterocycles. The molecule has 1 saturated heterocycles. The summed E-state index contributed by atoms with van der Waals surface area (Å²) in [6, 6.07) is 0. The normalized spacial score (nSPS) is 19.8. The van der Waals surface area contributed by atoms with Crippen molar-refractivity contribution in [1.82, 2.24) is 0 Å². The lowest BCUT2D eigenvalue weighted by molar-refractivity contribution is 0.949. The van der Waals surface area contributed by atoms with Gasteiger partial charge in [-0.1, -0.05) is 10.7 Å². The van der Waals surface area contributed by atoms with Crippen molar-refractivity contribution < 1.29 is 0 Å². The van der Waals surface area contributed by atoms with Crippen molar-refractivity contribution in [3.8, 4) is 6.19 Å². The van der Waals surface area contributed by atoms with E-state index in [1.807, 2.05) is 0 Å². The fraction of sp³-hybridized carbons (Fsp3) is 0.714. The first kappa shape index (κ1) is 8.41. The zero-order valence-electron chi connectivity index (χ0n) is 6.58. The predicted molar refractivity (Wildman–Crippen MR) is 47.5 cm³/mol. The van der Waals surface area contributed by atoms with Gasteiger partial charge < -0.3 is 0 Å². The largest absolute Gasteiger partial charge is 0.212 e. The van der Waals surface area contributed by atoms with Gasteiger partial charge in [-0.3, -0.25) is 0 Å².